The van der Waals surface area contributed by atoms with Crippen LogP contribution in [0.3, 0.4) is 0 Å². The maximum Gasteiger partial charge on any atom is 0.306 e. The number of hydrogen-bond donors (Lipinski definition) is 0. The lowest BCUT2D eigenvalue weighted by Crippen LogP contribution is -2.30. The van der Waals surface area contributed by atoms with E-state index in [1.807, 2.05) is 6.08 Å². The molecule has 6 nitrogen and oxygen atoms in total. The van der Waals surface area contributed by atoms with Gasteiger partial charge in [-0.2, -0.15) is 0 Å². The van der Waals surface area contributed by atoms with E-state index in [0.29, 0.717) is 12.8 Å². The Bertz CT molecular complexity index is 1290. The van der Waals surface area contributed by atoms with E-state index in [0.717, 1.165) is 116 Å². The number of unbranched alkanes of at least 4 members (excludes halogenated alkanes) is 13. The van der Waals surface area contributed by atoms with Crippen LogP contribution in [-0.2, 0) is 28.6 Å². The summed E-state index contributed by atoms with van der Waals surface area (Å²) in [7, 11) is 0. The maximum absolute atomic E-state index is 12.8. The van der Waals surface area contributed by atoms with Gasteiger partial charge < -0.3 is 14.2 Å². The van der Waals surface area contributed by atoms with Gasteiger partial charge in [0.2, 0.25) is 0 Å². The van der Waals surface area contributed by atoms with Crippen LogP contribution in [0.2, 0.25) is 0 Å². The molecule has 1 atom stereocenters. The van der Waals surface area contributed by atoms with Gasteiger partial charge in [0.25, 0.3) is 0 Å². The second-order valence-electron chi connectivity index (χ2n) is 15.6. The minimum absolute atomic E-state index is 0.123. The first-order valence-corrected chi connectivity index (χ1v) is 24.4. The smallest absolute Gasteiger partial charge is 0.306 e. The molecule has 0 aromatic carbocycles. The van der Waals surface area contributed by atoms with Crippen molar-refractivity contribution in [1.29, 1.82) is 0 Å². The predicted octanol–water partition coefficient (Wildman–Crippen LogP) is 16.0. The molecule has 6 heteroatoms. The molecule has 1 unspecified atom stereocenters. The average molecular weight is 845 g/mol. The Kier molecular flexibility index (Phi) is 45.6. The highest BCUT2D eigenvalue weighted by Crippen LogP contribution is 2.11. The highest BCUT2D eigenvalue weighted by Gasteiger charge is 2.19. The summed E-state index contributed by atoms with van der Waals surface area (Å²) >= 11 is 0. The van der Waals surface area contributed by atoms with Crippen molar-refractivity contribution in [3.05, 3.63) is 109 Å². The van der Waals surface area contributed by atoms with E-state index < -0.39 is 6.10 Å². The lowest BCUT2D eigenvalue weighted by atomic mass is 10.1. The number of esters is 3. The van der Waals surface area contributed by atoms with Crippen LogP contribution < -0.4 is 0 Å². The Morgan fingerprint density at radius 2 is 0.672 bits per heavy atom. The number of rotatable bonds is 42. The molecule has 0 N–H and O–H groups in total. The number of allylic oxidation sites excluding steroid dienone is 18. The summed E-state index contributed by atoms with van der Waals surface area (Å²) in [6.45, 7) is 6.28. The van der Waals surface area contributed by atoms with Gasteiger partial charge in [0, 0.05) is 19.3 Å². The normalized spacial score (nSPS) is 13.0. The minimum Gasteiger partial charge on any atom is -0.462 e. The van der Waals surface area contributed by atoms with Gasteiger partial charge in [-0.1, -0.05) is 182 Å². The molecule has 0 aliphatic rings. The van der Waals surface area contributed by atoms with Crippen LogP contribution in [0.15, 0.2) is 109 Å². The third kappa shape index (κ3) is 47.0. The zero-order chi connectivity index (χ0) is 44.4. The molecule has 0 saturated heterocycles. The third-order valence-electron chi connectivity index (χ3n) is 9.76. The molecule has 0 amide bonds. The summed E-state index contributed by atoms with van der Waals surface area (Å²) in [5, 5.41) is 0. The summed E-state index contributed by atoms with van der Waals surface area (Å²) < 4.78 is 16.7. The van der Waals surface area contributed by atoms with E-state index in [1.165, 1.54) is 38.5 Å². The maximum atomic E-state index is 12.8. The predicted molar refractivity (Wildman–Crippen MR) is 260 cm³/mol. The average Bonchev–Trinajstić information content (AvgIpc) is 3.26. The molecule has 0 fully saturated rings. The van der Waals surface area contributed by atoms with Gasteiger partial charge in [-0.3, -0.25) is 14.4 Å². The molecule has 0 rings (SSSR count). The number of hydrogen-bond acceptors (Lipinski definition) is 6. The molecule has 0 aromatic rings. The molecule has 0 heterocycles. The van der Waals surface area contributed by atoms with Crippen LogP contribution in [0.4, 0.5) is 0 Å². The highest BCUT2D eigenvalue weighted by atomic mass is 16.6. The van der Waals surface area contributed by atoms with Gasteiger partial charge in [0.05, 0.1) is 0 Å². The van der Waals surface area contributed by atoms with E-state index in [-0.39, 0.29) is 44.0 Å². The fraction of sp³-hybridized carbons (Fsp3) is 0.618. The van der Waals surface area contributed by atoms with Crippen LogP contribution in [0.5, 0.6) is 0 Å². The van der Waals surface area contributed by atoms with Crippen LogP contribution in [0, 0.1) is 0 Å². The van der Waals surface area contributed by atoms with Crippen molar-refractivity contribution in [2.45, 2.75) is 207 Å². The van der Waals surface area contributed by atoms with Gasteiger partial charge >= 0.3 is 17.9 Å². The molecule has 0 saturated carbocycles. The van der Waals surface area contributed by atoms with Crippen molar-refractivity contribution < 1.29 is 28.6 Å². The van der Waals surface area contributed by atoms with E-state index >= 15 is 0 Å². The highest BCUT2D eigenvalue weighted by molar-refractivity contribution is 5.71. The van der Waals surface area contributed by atoms with Crippen molar-refractivity contribution in [2.75, 3.05) is 13.2 Å². The summed E-state index contributed by atoms with van der Waals surface area (Å²) in [4.78, 5) is 37.8. The number of carbonyl (C=O) groups excluding carboxylic acids is 3. The summed E-state index contributed by atoms with van der Waals surface area (Å²) in [6, 6.07) is 0. The molecule has 0 aliphatic heterocycles. The van der Waals surface area contributed by atoms with Gasteiger partial charge in [0.1, 0.15) is 13.2 Å². The second kappa shape index (κ2) is 48.7. The van der Waals surface area contributed by atoms with Crippen molar-refractivity contribution in [1.82, 2.24) is 0 Å². The lowest BCUT2D eigenvalue weighted by Gasteiger charge is -2.18. The van der Waals surface area contributed by atoms with Crippen molar-refractivity contribution >= 4 is 17.9 Å². The number of ether oxygens (including phenoxy) is 3. The quantitative estimate of drug-likeness (QED) is 0.0264. The molecule has 0 aromatic heterocycles. The van der Waals surface area contributed by atoms with E-state index in [4.69, 9.17) is 14.2 Å². The Balaban J connectivity index is 4.56. The van der Waals surface area contributed by atoms with E-state index in [9.17, 15) is 14.4 Å². The van der Waals surface area contributed by atoms with Crippen molar-refractivity contribution in [3.8, 4) is 0 Å². The minimum atomic E-state index is -0.826. The van der Waals surface area contributed by atoms with Crippen LogP contribution in [0.1, 0.15) is 201 Å². The van der Waals surface area contributed by atoms with Crippen molar-refractivity contribution in [2.24, 2.45) is 0 Å². The van der Waals surface area contributed by atoms with Crippen LogP contribution in [0.25, 0.3) is 0 Å². The van der Waals surface area contributed by atoms with Gasteiger partial charge in [-0.15, -0.1) is 0 Å². The zero-order valence-electron chi connectivity index (χ0n) is 39.1. The Morgan fingerprint density at radius 1 is 0.344 bits per heavy atom. The Hall–Kier alpha value is -3.93. The monoisotopic (exact) mass is 845 g/mol. The summed E-state index contributed by atoms with van der Waals surface area (Å²) in [6.07, 6.45) is 65.1. The van der Waals surface area contributed by atoms with Gasteiger partial charge in [-0.05, 0) is 109 Å². The zero-order valence-corrected chi connectivity index (χ0v) is 39.1. The topological polar surface area (TPSA) is 78.9 Å². The van der Waals surface area contributed by atoms with Crippen LogP contribution in [-0.4, -0.2) is 37.2 Å². The van der Waals surface area contributed by atoms with Gasteiger partial charge in [0.15, 0.2) is 6.10 Å². The molecular formula is C55H88O6. The molecule has 61 heavy (non-hydrogen) atoms. The molecule has 0 aliphatic carbocycles. The van der Waals surface area contributed by atoms with E-state index in [1.54, 1.807) is 0 Å². The first-order chi connectivity index (χ1) is 30.0. The molecule has 344 valence electrons. The fourth-order valence-corrected chi connectivity index (χ4v) is 6.15. The first-order valence-electron chi connectivity index (χ1n) is 24.4. The standard InChI is InChI=1S/C55H88O6/c1-4-7-10-13-16-19-22-25-27-28-31-33-36-39-42-45-48-54(57)60-51-52(50-59-53(56)47-44-41-38-35-32-29-24-21-18-15-12-9-6-3)61-55(58)49-46-43-40-37-34-30-26-23-20-17-14-11-8-5-2/h7-8,10-11,16-17,19-20,25-27,29-33,38,41,52H,4-6,9,12-15,18,21-24,28,34-37,39-40,42-51H2,1-3H3/b10-7+,11-8+,19-16+,20-17+,27-25+,30-26+,32-29+,33-31+,41-38+. The third-order valence-corrected chi connectivity index (χ3v) is 9.76. The van der Waals surface area contributed by atoms with Crippen molar-refractivity contribution in [3.63, 3.8) is 0 Å². The molecule has 0 spiro atoms. The Morgan fingerprint density at radius 3 is 1.11 bits per heavy atom. The molecule has 0 radical (unpaired) electrons. The van der Waals surface area contributed by atoms with Crippen LogP contribution >= 0.6 is 0 Å². The molecule has 0 bridgehead atoms. The Labute approximate surface area is 374 Å². The largest absolute Gasteiger partial charge is 0.462 e. The SMILES string of the molecule is CC/C=C/C/C=C/C/C=C/C/C=C/CCCCCC(=O)OCC(COC(=O)CC/C=C/C/C=C/CCCCCCCC)OC(=O)CCCCCC/C=C/C/C=C/C/C=C/CC. The summed E-state index contributed by atoms with van der Waals surface area (Å²) in [5.74, 6) is -1.05. The second-order valence-corrected chi connectivity index (χ2v) is 15.6. The lowest BCUT2D eigenvalue weighted by molar-refractivity contribution is -0.166. The fourth-order valence-electron chi connectivity index (χ4n) is 6.15. The van der Waals surface area contributed by atoms with Gasteiger partial charge in [-0.25, -0.2) is 0 Å². The van der Waals surface area contributed by atoms with E-state index in [2.05, 4.69) is 124 Å². The molecular weight excluding hydrogens is 757 g/mol. The summed E-state index contributed by atoms with van der Waals surface area (Å²) in [5.41, 5.74) is 0. The first kappa shape index (κ1) is 57.1. The number of carbonyl (C=O) groups is 3.